The Morgan fingerprint density at radius 1 is 1.50 bits per heavy atom. The zero-order valence-electron chi connectivity index (χ0n) is 11.9. The number of ether oxygens (including phenoxy) is 2. The van der Waals surface area contributed by atoms with Crippen LogP contribution < -0.4 is 20.7 Å². The lowest BCUT2D eigenvalue weighted by atomic mass is 10.3. The number of thiophene rings is 1. The highest BCUT2D eigenvalue weighted by atomic mass is 32.1. The summed E-state index contributed by atoms with van der Waals surface area (Å²) >= 11 is 1.38. The number of hydrogen-bond acceptors (Lipinski definition) is 6. The molecule has 1 saturated heterocycles. The molecule has 0 saturated carbocycles. The van der Waals surface area contributed by atoms with Crippen molar-refractivity contribution in [1.82, 2.24) is 5.32 Å². The van der Waals surface area contributed by atoms with Crippen molar-refractivity contribution >= 4 is 27.9 Å². The molecule has 0 radical (unpaired) electrons. The molecule has 1 aromatic heterocycles. The number of nitrogens with two attached hydrogens (primary N) is 1. The van der Waals surface area contributed by atoms with Crippen LogP contribution in [-0.4, -0.2) is 45.9 Å². The lowest BCUT2D eigenvalue weighted by Crippen LogP contribution is -2.25. The van der Waals surface area contributed by atoms with Gasteiger partial charge < -0.3 is 25.4 Å². The van der Waals surface area contributed by atoms with E-state index in [1.54, 1.807) is 7.11 Å². The summed E-state index contributed by atoms with van der Waals surface area (Å²) in [5, 5.41) is 3.69. The molecular weight excluding hydrogens is 278 g/mol. The number of hydrogen-bond donors (Lipinski definition) is 2. The second-order valence-electron chi connectivity index (χ2n) is 4.50. The monoisotopic (exact) mass is 299 g/mol. The number of nitrogens with zero attached hydrogens (tertiary/aromatic N) is 1. The van der Waals surface area contributed by atoms with Gasteiger partial charge in [-0.05, 0) is 13.3 Å². The van der Waals surface area contributed by atoms with Gasteiger partial charge in [0.2, 0.25) is 0 Å². The minimum absolute atomic E-state index is 0.148. The number of nitrogens with one attached hydrogen (secondary N) is 1. The summed E-state index contributed by atoms with van der Waals surface area (Å²) in [6.45, 7) is 5.56. The first kappa shape index (κ1) is 14.9. The van der Waals surface area contributed by atoms with Crippen LogP contribution in [0.2, 0.25) is 0 Å². The number of carbonyl (C=O) groups excluding carboxylic acids is 1. The molecule has 0 aliphatic carbocycles. The molecule has 1 amide bonds. The van der Waals surface area contributed by atoms with Crippen molar-refractivity contribution in [2.75, 3.05) is 50.6 Å². The highest BCUT2D eigenvalue weighted by Crippen LogP contribution is 2.44. The van der Waals surface area contributed by atoms with E-state index in [0.29, 0.717) is 29.5 Å². The molecule has 0 aromatic carbocycles. The number of anilines is 2. The Morgan fingerprint density at radius 2 is 2.30 bits per heavy atom. The van der Waals surface area contributed by atoms with Crippen LogP contribution in [0.1, 0.15) is 23.0 Å². The van der Waals surface area contributed by atoms with Gasteiger partial charge >= 0.3 is 0 Å². The molecule has 20 heavy (non-hydrogen) atoms. The zero-order chi connectivity index (χ0) is 14.5. The fraction of sp³-hybridized carbons (Fsp3) is 0.615. The number of methoxy groups -OCH3 is 1. The molecule has 0 bridgehead atoms. The second kappa shape index (κ2) is 6.81. The van der Waals surface area contributed by atoms with Crippen molar-refractivity contribution in [2.45, 2.75) is 13.3 Å². The van der Waals surface area contributed by atoms with E-state index in [0.717, 1.165) is 31.1 Å². The topological polar surface area (TPSA) is 76.8 Å². The highest BCUT2D eigenvalue weighted by Gasteiger charge is 2.25. The van der Waals surface area contributed by atoms with E-state index in [4.69, 9.17) is 15.2 Å². The second-order valence-corrected chi connectivity index (χ2v) is 5.49. The first-order valence-electron chi connectivity index (χ1n) is 6.76. The molecule has 0 unspecified atom stereocenters. The summed E-state index contributed by atoms with van der Waals surface area (Å²) in [4.78, 5) is 14.7. The molecule has 1 fully saturated rings. The van der Waals surface area contributed by atoms with Crippen LogP contribution in [0.15, 0.2) is 0 Å². The van der Waals surface area contributed by atoms with Crippen LogP contribution in [0.5, 0.6) is 5.75 Å². The van der Waals surface area contributed by atoms with Gasteiger partial charge in [0.05, 0.1) is 13.7 Å². The Balaban J connectivity index is 2.31. The smallest absolute Gasteiger partial charge is 0.263 e. The minimum atomic E-state index is -0.148. The Labute approximate surface area is 122 Å². The fourth-order valence-electron chi connectivity index (χ4n) is 2.18. The normalized spacial score (nSPS) is 15.8. The van der Waals surface area contributed by atoms with Gasteiger partial charge in [-0.15, -0.1) is 11.3 Å². The number of rotatable bonds is 4. The number of carbonyl (C=O) groups is 1. The van der Waals surface area contributed by atoms with E-state index < -0.39 is 0 Å². The van der Waals surface area contributed by atoms with Crippen LogP contribution in [0.3, 0.4) is 0 Å². The molecule has 2 heterocycles. The molecule has 7 heteroatoms. The van der Waals surface area contributed by atoms with Gasteiger partial charge in [-0.25, -0.2) is 0 Å². The van der Waals surface area contributed by atoms with Crippen molar-refractivity contribution in [3.8, 4) is 5.75 Å². The van der Waals surface area contributed by atoms with Crippen LogP contribution >= 0.6 is 11.3 Å². The average molecular weight is 299 g/mol. The third kappa shape index (κ3) is 2.99. The SMILES string of the molecule is CCNC(=O)c1sc(N2CCCOCC2)c(OC)c1N. The maximum absolute atomic E-state index is 12.0. The van der Waals surface area contributed by atoms with Crippen molar-refractivity contribution < 1.29 is 14.3 Å². The van der Waals surface area contributed by atoms with E-state index in [-0.39, 0.29) is 5.91 Å². The third-order valence-corrected chi connectivity index (χ3v) is 4.39. The Hall–Kier alpha value is -1.47. The van der Waals surface area contributed by atoms with E-state index in [1.165, 1.54) is 11.3 Å². The minimum Gasteiger partial charge on any atom is -0.492 e. The summed E-state index contributed by atoms with van der Waals surface area (Å²) in [6, 6.07) is 0. The summed E-state index contributed by atoms with van der Waals surface area (Å²) in [7, 11) is 1.58. The Bertz CT molecular complexity index is 468. The van der Waals surface area contributed by atoms with Crippen LogP contribution in [0, 0.1) is 0 Å². The molecule has 6 nitrogen and oxygen atoms in total. The van der Waals surface area contributed by atoms with Crippen molar-refractivity contribution in [2.24, 2.45) is 0 Å². The predicted molar refractivity (Wildman–Crippen MR) is 80.9 cm³/mol. The van der Waals surface area contributed by atoms with E-state index >= 15 is 0 Å². The summed E-state index contributed by atoms with van der Waals surface area (Å²) < 4.78 is 10.9. The predicted octanol–water partition coefficient (Wildman–Crippen LogP) is 1.32. The summed E-state index contributed by atoms with van der Waals surface area (Å²) in [5.74, 6) is 0.448. The standard InChI is InChI=1S/C13H21N3O3S/c1-3-15-12(17)11-9(14)10(18-2)13(20-11)16-5-4-7-19-8-6-16/h3-8,14H2,1-2H3,(H,15,17). The average Bonchev–Trinajstić information content (AvgIpc) is 2.63. The molecule has 0 atom stereocenters. The highest BCUT2D eigenvalue weighted by molar-refractivity contribution is 7.19. The number of amides is 1. The first-order valence-corrected chi connectivity index (χ1v) is 7.57. The molecule has 112 valence electrons. The largest absolute Gasteiger partial charge is 0.492 e. The van der Waals surface area contributed by atoms with Gasteiger partial charge in [-0.2, -0.15) is 0 Å². The molecule has 2 rings (SSSR count). The molecule has 0 spiro atoms. The van der Waals surface area contributed by atoms with Crippen LogP contribution in [0.4, 0.5) is 10.7 Å². The third-order valence-electron chi connectivity index (χ3n) is 3.14. The van der Waals surface area contributed by atoms with Crippen molar-refractivity contribution in [3.63, 3.8) is 0 Å². The molecule has 1 aromatic rings. The van der Waals surface area contributed by atoms with Gasteiger partial charge in [0.15, 0.2) is 5.75 Å². The lowest BCUT2D eigenvalue weighted by Gasteiger charge is -2.20. The zero-order valence-corrected chi connectivity index (χ0v) is 12.7. The van der Waals surface area contributed by atoms with Crippen molar-refractivity contribution in [3.05, 3.63) is 4.88 Å². The maximum Gasteiger partial charge on any atom is 0.263 e. The molecular formula is C13H21N3O3S. The van der Waals surface area contributed by atoms with Gasteiger partial charge in [0, 0.05) is 26.2 Å². The van der Waals surface area contributed by atoms with Gasteiger partial charge in [0.1, 0.15) is 15.6 Å². The number of nitrogen functional groups attached to an aromatic ring is 1. The quantitative estimate of drug-likeness (QED) is 0.877. The Kier molecular flexibility index (Phi) is 5.08. The van der Waals surface area contributed by atoms with Gasteiger partial charge in [0.25, 0.3) is 5.91 Å². The van der Waals surface area contributed by atoms with E-state index in [9.17, 15) is 4.79 Å². The lowest BCUT2D eigenvalue weighted by molar-refractivity contribution is 0.0960. The van der Waals surface area contributed by atoms with Crippen LogP contribution in [-0.2, 0) is 4.74 Å². The molecule has 1 aliphatic heterocycles. The van der Waals surface area contributed by atoms with Crippen molar-refractivity contribution in [1.29, 1.82) is 0 Å². The Morgan fingerprint density at radius 3 is 3.00 bits per heavy atom. The molecule has 3 N–H and O–H groups in total. The van der Waals surface area contributed by atoms with E-state index in [1.807, 2.05) is 6.92 Å². The van der Waals surface area contributed by atoms with Crippen LogP contribution in [0.25, 0.3) is 0 Å². The fourth-order valence-corrected chi connectivity index (χ4v) is 3.34. The maximum atomic E-state index is 12.0. The molecule has 1 aliphatic rings. The van der Waals surface area contributed by atoms with Gasteiger partial charge in [-0.1, -0.05) is 0 Å². The first-order chi connectivity index (χ1) is 9.69. The summed E-state index contributed by atoms with van der Waals surface area (Å²) in [5.41, 5.74) is 6.48. The van der Waals surface area contributed by atoms with Gasteiger partial charge in [-0.3, -0.25) is 4.79 Å². The van der Waals surface area contributed by atoms with E-state index in [2.05, 4.69) is 10.2 Å². The summed E-state index contributed by atoms with van der Waals surface area (Å²) in [6.07, 6.45) is 0.956.